The molecule has 0 aliphatic carbocycles. The highest BCUT2D eigenvalue weighted by Gasteiger charge is 2.58. The fraction of sp³-hybridized carbons (Fsp3) is 0.667. The van der Waals surface area contributed by atoms with Gasteiger partial charge in [-0.1, -0.05) is 48.9 Å². The number of esters is 1. The van der Waals surface area contributed by atoms with Crippen molar-refractivity contribution in [2.45, 2.75) is 108 Å². The minimum Gasteiger partial charge on any atom is -0.469 e. The van der Waals surface area contributed by atoms with Crippen LogP contribution in [-0.4, -0.2) is 83.0 Å². The average Bonchev–Trinajstić information content (AvgIpc) is 3.57. The van der Waals surface area contributed by atoms with Gasteiger partial charge < -0.3 is 33.9 Å². The van der Waals surface area contributed by atoms with Gasteiger partial charge in [0.15, 0.2) is 5.82 Å². The number of nitrogens with zero attached hydrogens (tertiary/aromatic N) is 2. The van der Waals surface area contributed by atoms with Crippen LogP contribution in [0.25, 0.3) is 0 Å². The number of ether oxygens (including phenoxy) is 4. The number of carbonyl (C=O) groups is 2. The Hall–Kier alpha value is -2.86. The van der Waals surface area contributed by atoms with Gasteiger partial charge in [-0.2, -0.15) is 4.98 Å². The molecule has 226 valence electrons. The molecule has 0 bridgehead atoms. The summed E-state index contributed by atoms with van der Waals surface area (Å²) >= 11 is 0. The van der Waals surface area contributed by atoms with Gasteiger partial charge in [-0.3, -0.25) is 9.59 Å². The third kappa shape index (κ3) is 8.12. The Kier molecular flexibility index (Phi) is 10.2. The Bertz CT molecular complexity index is 1160. The van der Waals surface area contributed by atoms with Gasteiger partial charge in [0.25, 0.3) is 0 Å². The second-order valence-electron chi connectivity index (χ2n) is 11.6. The van der Waals surface area contributed by atoms with Crippen LogP contribution in [-0.2, 0) is 28.5 Å². The molecule has 0 saturated carbocycles. The first kappa shape index (κ1) is 31.1. The van der Waals surface area contributed by atoms with E-state index in [1.807, 2.05) is 32.9 Å². The smallest absolute Gasteiger partial charge is 0.308 e. The Morgan fingerprint density at radius 1 is 1.27 bits per heavy atom. The van der Waals surface area contributed by atoms with Crippen LogP contribution in [0.1, 0.15) is 71.0 Å². The molecular weight excluding hydrogens is 530 g/mol. The number of allylic oxidation sites excluding steroid dienone is 3. The fourth-order valence-corrected chi connectivity index (χ4v) is 5.45. The largest absolute Gasteiger partial charge is 0.469 e. The van der Waals surface area contributed by atoms with Crippen LogP contribution >= 0.6 is 0 Å². The van der Waals surface area contributed by atoms with E-state index in [2.05, 4.69) is 28.5 Å². The van der Waals surface area contributed by atoms with Gasteiger partial charge >= 0.3 is 5.97 Å². The number of carbonyl (C=O) groups excluding carboxylic acids is 2. The Labute approximate surface area is 241 Å². The topological polar surface area (TPSA) is 146 Å². The predicted octanol–water partition coefficient (Wildman–Crippen LogP) is 3.08. The van der Waals surface area contributed by atoms with Gasteiger partial charge in [0.1, 0.15) is 17.8 Å². The zero-order chi connectivity index (χ0) is 29.7. The molecule has 9 atom stereocenters. The minimum absolute atomic E-state index is 0.0163. The number of aliphatic hydroxyl groups is 1. The molecule has 1 aromatic rings. The van der Waals surface area contributed by atoms with E-state index in [0.717, 1.165) is 18.4 Å². The number of aryl methyl sites for hydroxylation is 1. The van der Waals surface area contributed by atoms with Crippen molar-refractivity contribution in [1.82, 2.24) is 15.5 Å². The Balaban J connectivity index is 1.26. The zero-order valence-corrected chi connectivity index (χ0v) is 24.7. The first-order chi connectivity index (χ1) is 19.5. The molecule has 3 aliphatic rings. The van der Waals surface area contributed by atoms with Crippen molar-refractivity contribution in [1.29, 1.82) is 0 Å². The summed E-state index contributed by atoms with van der Waals surface area (Å²) in [5, 5.41) is 17.7. The highest BCUT2D eigenvalue weighted by Crippen LogP contribution is 2.43. The van der Waals surface area contributed by atoms with Crippen LogP contribution in [0.15, 0.2) is 40.5 Å². The maximum Gasteiger partial charge on any atom is 0.308 e. The molecule has 4 heterocycles. The molecular formula is C30H43N3O8. The number of rotatable bonds is 10. The summed E-state index contributed by atoms with van der Waals surface area (Å²) in [7, 11) is 1.35. The van der Waals surface area contributed by atoms with Crippen LogP contribution in [0, 0.1) is 12.8 Å². The zero-order valence-electron chi connectivity index (χ0n) is 24.7. The Morgan fingerprint density at radius 3 is 2.68 bits per heavy atom. The number of aromatic nitrogens is 2. The van der Waals surface area contributed by atoms with E-state index in [4.69, 9.17) is 23.5 Å². The number of epoxide rings is 1. The number of methoxy groups -OCH3 is 1. The lowest BCUT2D eigenvalue weighted by molar-refractivity contribution is -0.157. The number of aliphatic hydroxyl groups excluding tert-OH is 1. The van der Waals surface area contributed by atoms with Crippen molar-refractivity contribution in [3.8, 4) is 0 Å². The van der Waals surface area contributed by atoms with Gasteiger partial charge in [0.05, 0.1) is 44.5 Å². The summed E-state index contributed by atoms with van der Waals surface area (Å²) in [4.78, 5) is 28.5. The van der Waals surface area contributed by atoms with E-state index in [9.17, 15) is 14.7 Å². The van der Waals surface area contributed by atoms with Crippen molar-refractivity contribution in [3.05, 3.63) is 47.7 Å². The van der Waals surface area contributed by atoms with E-state index >= 15 is 0 Å². The normalized spacial score (nSPS) is 34.7. The van der Waals surface area contributed by atoms with Crippen LogP contribution < -0.4 is 5.32 Å². The van der Waals surface area contributed by atoms with Crippen LogP contribution in [0.3, 0.4) is 0 Å². The van der Waals surface area contributed by atoms with E-state index in [-0.39, 0.29) is 54.5 Å². The van der Waals surface area contributed by atoms with Gasteiger partial charge in [-0.15, -0.1) is 0 Å². The first-order valence-corrected chi connectivity index (χ1v) is 14.3. The van der Waals surface area contributed by atoms with E-state index in [1.165, 1.54) is 13.2 Å². The fourth-order valence-electron chi connectivity index (χ4n) is 5.45. The van der Waals surface area contributed by atoms with Gasteiger partial charge in [-0.05, 0) is 38.7 Å². The van der Waals surface area contributed by atoms with Gasteiger partial charge in [0.2, 0.25) is 11.8 Å². The highest BCUT2D eigenvalue weighted by atomic mass is 16.6. The molecule has 2 N–H and O–H groups in total. The third-order valence-corrected chi connectivity index (χ3v) is 8.16. The number of hydrogen-bond donors (Lipinski definition) is 2. The first-order valence-electron chi connectivity index (χ1n) is 14.3. The molecule has 0 aromatic carbocycles. The van der Waals surface area contributed by atoms with Crippen LogP contribution in [0.4, 0.5) is 0 Å². The molecule has 3 fully saturated rings. The summed E-state index contributed by atoms with van der Waals surface area (Å²) in [6, 6.07) is -0.0917. The van der Waals surface area contributed by atoms with E-state index < -0.39 is 17.8 Å². The lowest BCUT2D eigenvalue weighted by Crippen LogP contribution is -2.50. The second-order valence-corrected chi connectivity index (χ2v) is 11.6. The summed E-state index contributed by atoms with van der Waals surface area (Å²) in [5.74, 6) is 0.615. The molecule has 11 nitrogen and oxygen atoms in total. The second kappa shape index (κ2) is 13.4. The molecule has 11 heteroatoms. The third-order valence-electron chi connectivity index (χ3n) is 8.16. The maximum absolute atomic E-state index is 12.6. The Morgan fingerprint density at radius 2 is 2.02 bits per heavy atom. The van der Waals surface area contributed by atoms with E-state index in [1.54, 1.807) is 13.0 Å². The monoisotopic (exact) mass is 573 g/mol. The van der Waals surface area contributed by atoms with E-state index in [0.29, 0.717) is 24.7 Å². The highest BCUT2D eigenvalue weighted by molar-refractivity contribution is 5.87. The molecule has 3 saturated heterocycles. The predicted molar refractivity (Wildman–Crippen MR) is 149 cm³/mol. The molecule has 3 aliphatic heterocycles. The number of hydrogen-bond acceptors (Lipinski definition) is 10. The molecule has 4 rings (SSSR count). The lowest BCUT2D eigenvalue weighted by Gasteiger charge is -2.39. The van der Waals surface area contributed by atoms with Crippen molar-refractivity contribution >= 4 is 11.9 Å². The van der Waals surface area contributed by atoms with Crippen LogP contribution in [0.2, 0.25) is 0 Å². The standard InChI is InChI=1S/C30H43N3O8/c1-17(8-11-25-28(36)30(16-38-30)15-22(40-25)14-27(35)37-6)7-10-24-19(3)13-23(20(4)39-24)32-26(34)12-9-18(2)29-31-21(5)41-33-29/h7-9,11-12,18-20,22-25,28,36H,10,13-16H2,1-6H3,(H,32,34)/b11-8+,12-9-,17-7+/t18?,19-,20+,22+,23+,24-,25+,28+,30+/m0/s1. The average molecular weight is 574 g/mol. The summed E-state index contributed by atoms with van der Waals surface area (Å²) in [6.45, 7) is 10.2. The summed E-state index contributed by atoms with van der Waals surface area (Å²) in [6.07, 6.45) is 9.39. The molecule has 1 aromatic heterocycles. The molecule has 1 spiro atoms. The summed E-state index contributed by atoms with van der Waals surface area (Å²) < 4.78 is 27.7. The van der Waals surface area contributed by atoms with Crippen molar-refractivity contribution in [2.24, 2.45) is 5.92 Å². The quantitative estimate of drug-likeness (QED) is 0.185. The lowest BCUT2D eigenvalue weighted by atomic mass is 9.87. The van der Waals surface area contributed by atoms with Crippen molar-refractivity contribution in [3.63, 3.8) is 0 Å². The molecule has 0 radical (unpaired) electrons. The van der Waals surface area contributed by atoms with Crippen molar-refractivity contribution < 1.29 is 38.2 Å². The minimum atomic E-state index is -0.795. The van der Waals surface area contributed by atoms with Crippen LogP contribution in [0.5, 0.6) is 0 Å². The SMILES string of the molecule is COC(=O)C[C@@H]1C[C@@]2(CO2)[C@H](O)[C@@H](/C=C/C(C)=C/C[C@@H]2O[C@H](C)[C@H](NC(=O)/C=C\C(C)c3noc(C)n3)C[C@@H]2C)O1. The van der Waals surface area contributed by atoms with Gasteiger partial charge in [0, 0.05) is 19.3 Å². The summed E-state index contributed by atoms with van der Waals surface area (Å²) in [5.41, 5.74) is 0.370. The molecule has 1 amide bonds. The maximum atomic E-state index is 12.6. The van der Waals surface area contributed by atoms with Gasteiger partial charge in [-0.25, -0.2) is 0 Å². The molecule has 1 unspecified atom stereocenters. The number of amides is 1. The van der Waals surface area contributed by atoms with Crippen molar-refractivity contribution in [2.75, 3.05) is 13.7 Å². The number of nitrogens with one attached hydrogen (secondary N) is 1. The molecule has 41 heavy (non-hydrogen) atoms.